The molecule has 3 aromatic carbocycles. The standard InChI is InChI=1S/C27H25NO4/c1-31-24-15-9-8-14-23(24)25(32-27(30)19-17-22-12-6-3-7-13-22)20-28-26(29)18-16-21-10-4-2-5-11-21/h2-19,25H,20H2,1H3,(H,28,29)/t25-/m1/s1. The van der Waals surface area contributed by atoms with Gasteiger partial charge in [-0.3, -0.25) is 4.79 Å². The number of carbonyl (C=O) groups is 2. The Morgan fingerprint density at radius 2 is 1.38 bits per heavy atom. The topological polar surface area (TPSA) is 64.6 Å². The maximum atomic E-state index is 12.5. The molecule has 3 aromatic rings. The highest BCUT2D eigenvalue weighted by Gasteiger charge is 2.20. The van der Waals surface area contributed by atoms with Crippen LogP contribution in [-0.2, 0) is 14.3 Å². The molecule has 0 bridgehead atoms. The lowest BCUT2D eigenvalue weighted by atomic mass is 10.1. The molecule has 162 valence electrons. The molecule has 0 aliphatic carbocycles. The zero-order chi connectivity index (χ0) is 22.6. The van der Waals surface area contributed by atoms with Gasteiger partial charge in [0.2, 0.25) is 5.91 Å². The van der Waals surface area contributed by atoms with E-state index in [0.717, 1.165) is 11.1 Å². The average molecular weight is 428 g/mol. The Morgan fingerprint density at radius 3 is 2.00 bits per heavy atom. The fraction of sp³-hybridized carbons (Fsp3) is 0.111. The molecule has 0 radical (unpaired) electrons. The Labute approximate surface area is 188 Å². The van der Waals surface area contributed by atoms with Crippen molar-refractivity contribution in [2.45, 2.75) is 6.10 Å². The van der Waals surface area contributed by atoms with Crippen molar-refractivity contribution in [2.75, 3.05) is 13.7 Å². The molecule has 0 unspecified atom stereocenters. The van der Waals surface area contributed by atoms with Gasteiger partial charge in [0, 0.05) is 17.7 Å². The molecule has 1 N–H and O–H groups in total. The molecule has 5 nitrogen and oxygen atoms in total. The van der Waals surface area contributed by atoms with Gasteiger partial charge < -0.3 is 14.8 Å². The molecule has 0 aliphatic heterocycles. The quantitative estimate of drug-likeness (QED) is 0.393. The molecule has 0 heterocycles. The molecule has 32 heavy (non-hydrogen) atoms. The van der Waals surface area contributed by atoms with E-state index >= 15 is 0 Å². The summed E-state index contributed by atoms with van der Waals surface area (Å²) in [5, 5.41) is 2.80. The first-order valence-corrected chi connectivity index (χ1v) is 10.2. The van der Waals surface area contributed by atoms with Crippen LogP contribution in [0.3, 0.4) is 0 Å². The third-order valence-corrected chi connectivity index (χ3v) is 4.64. The molecule has 1 atom stereocenters. The van der Waals surface area contributed by atoms with Crippen molar-refractivity contribution in [1.82, 2.24) is 5.32 Å². The number of nitrogens with one attached hydrogen (secondary N) is 1. The number of ether oxygens (including phenoxy) is 2. The molecular weight excluding hydrogens is 402 g/mol. The molecular formula is C27H25NO4. The maximum absolute atomic E-state index is 12.5. The largest absolute Gasteiger partial charge is 0.496 e. The second kappa shape index (κ2) is 11.9. The Morgan fingerprint density at radius 1 is 0.812 bits per heavy atom. The summed E-state index contributed by atoms with van der Waals surface area (Å²) in [4.78, 5) is 24.8. The second-order valence-corrected chi connectivity index (χ2v) is 6.90. The van der Waals surface area contributed by atoms with E-state index < -0.39 is 12.1 Å². The van der Waals surface area contributed by atoms with Gasteiger partial charge >= 0.3 is 5.97 Å². The molecule has 5 heteroatoms. The first-order chi connectivity index (χ1) is 15.7. The lowest BCUT2D eigenvalue weighted by Crippen LogP contribution is -2.29. The lowest BCUT2D eigenvalue weighted by molar-refractivity contribution is -0.143. The number of rotatable bonds is 9. The number of benzene rings is 3. The van der Waals surface area contributed by atoms with Crippen LogP contribution in [0.2, 0.25) is 0 Å². The summed E-state index contributed by atoms with van der Waals surface area (Å²) in [6.45, 7) is 0.100. The number of carbonyl (C=O) groups excluding carboxylic acids is 2. The van der Waals surface area contributed by atoms with E-state index in [1.165, 1.54) is 12.2 Å². The molecule has 0 saturated heterocycles. The predicted molar refractivity (Wildman–Crippen MR) is 126 cm³/mol. The van der Waals surface area contributed by atoms with Crippen LogP contribution in [0, 0.1) is 0 Å². The molecule has 0 aliphatic rings. The third kappa shape index (κ3) is 6.99. The maximum Gasteiger partial charge on any atom is 0.331 e. The highest BCUT2D eigenvalue weighted by atomic mass is 16.5. The van der Waals surface area contributed by atoms with E-state index in [-0.39, 0.29) is 12.5 Å². The summed E-state index contributed by atoms with van der Waals surface area (Å²) in [6.07, 6.45) is 5.51. The van der Waals surface area contributed by atoms with Crippen LogP contribution in [0.25, 0.3) is 12.2 Å². The zero-order valence-electron chi connectivity index (χ0n) is 17.8. The minimum atomic E-state index is -0.715. The third-order valence-electron chi connectivity index (χ3n) is 4.64. The summed E-state index contributed by atoms with van der Waals surface area (Å²) < 4.78 is 11.1. The van der Waals surface area contributed by atoms with E-state index in [0.29, 0.717) is 11.3 Å². The van der Waals surface area contributed by atoms with Gasteiger partial charge in [0.15, 0.2) is 0 Å². The zero-order valence-corrected chi connectivity index (χ0v) is 17.8. The number of hydrogen-bond donors (Lipinski definition) is 1. The van der Waals surface area contributed by atoms with Crippen LogP contribution in [0.5, 0.6) is 5.75 Å². The van der Waals surface area contributed by atoms with E-state index in [4.69, 9.17) is 9.47 Å². The normalized spacial score (nSPS) is 11.9. The van der Waals surface area contributed by atoms with Crippen LogP contribution in [0.15, 0.2) is 97.1 Å². The van der Waals surface area contributed by atoms with E-state index in [9.17, 15) is 9.59 Å². The summed E-state index contributed by atoms with van der Waals surface area (Å²) >= 11 is 0. The highest BCUT2D eigenvalue weighted by molar-refractivity contribution is 5.91. The van der Waals surface area contributed by atoms with Crippen molar-refractivity contribution >= 4 is 24.0 Å². The molecule has 3 rings (SSSR count). The number of amides is 1. The number of hydrogen-bond acceptors (Lipinski definition) is 4. The fourth-order valence-electron chi connectivity index (χ4n) is 3.04. The van der Waals surface area contributed by atoms with Crippen LogP contribution in [-0.4, -0.2) is 25.5 Å². The average Bonchev–Trinajstić information content (AvgIpc) is 2.85. The van der Waals surface area contributed by atoms with Crippen molar-refractivity contribution < 1.29 is 19.1 Å². The minimum Gasteiger partial charge on any atom is -0.496 e. The smallest absolute Gasteiger partial charge is 0.331 e. The first-order valence-electron chi connectivity index (χ1n) is 10.2. The fourth-order valence-corrected chi connectivity index (χ4v) is 3.04. The van der Waals surface area contributed by atoms with Gasteiger partial charge in [-0.25, -0.2) is 4.79 Å². The van der Waals surface area contributed by atoms with Crippen molar-refractivity contribution in [3.05, 3.63) is 114 Å². The van der Waals surface area contributed by atoms with Crippen LogP contribution in [0.1, 0.15) is 22.8 Å². The van der Waals surface area contributed by atoms with Crippen molar-refractivity contribution in [2.24, 2.45) is 0 Å². The summed E-state index contributed by atoms with van der Waals surface area (Å²) in [5.41, 5.74) is 2.47. The van der Waals surface area contributed by atoms with Crippen molar-refractivity contribution in [3.63, 3.8) is 0 Å². The SMILES string of the molecule is COc1ccccc1[C@@H](CNC(=O)C=Cc1ccccc1)OC(=O)C=Cc1ccccc1. The molecule has 1 amide bonds. The Hall–Kier alpha value is -4.12. The van der Waals surface area contributed by atoms with Gasteiger partial charge in [0.05, 0.1) is 13.7 Å². The minimum absolute atomic E-state index is 0.100. The monoisotopic (exact) mass is 427 g/mol. The number of para-hydroxylation sites is 1. The van der Waals surface area contributed by atoms with Crippen LogP contribution in [0.4, 0.5) is 0 Å². The second-order valence-electron chi connectivity index (χ2n) is 6.90. The summed E-state index contributed by atoms with van der Waals surface area (Å²) in [5.74, 6) is -0.227. The highest BCUT2D eigenvalue weighted by Crippen LogP contribution is 2.27. The molecule has 0 fully saturated rings. The lowest BCUT2D eigenvalue weighted by Gasteiger charge is -2.20. The Kier molecular flexibility index (Phi) is 8.40. The van der Waals surface area contributed by atoms with Crippen molar-refractivity contribution in [1.29, 1.82) is 0 Å². The van der Waals surface area contributed by atoms with Gasteiger partial charge in [-0.2, -0.15) is 0 Å². The van der Waals surface area contributed by atoms with Gasteiger partial charge in [0.1, 0.15) is 11.9 Å². The molecule has 0 spiro atoms. The van der Waals surface area contributed by atoms with Crippen molar-refractivity contribution in [3.8, 4) is 5.75 Å². The van der Waals surface area contributed by atoms with Gasteiger partial charge in [0.25, 0.3) is 0 Å². The summed E-state index contributed by atoms with van der Waals surface area (Å²) in [6, 6.07) is 26.2. The Bertz CT molecular complexity index is 1080. The van der Waals surface area contributed by atoms with Gasteiger partial charge in [-0.15, -0.1) is 0 Å². The van der Waals surface area contributed by atoms with Gasteiger partial charge in [-0.05, 0) is 29.3 Å². The van der Waals surface area contributed by atoms with Gasteiger partial charge in [-0.1, -0.05) is 78.9 Å². The molecule has 0 aromatic heterocycles. The Balaban J connectivity index is 1.69. The summed E-state index contributed by atoms with van der Waals surface area (Å²) in [7, 11) is 1.55. The number of methoxy groups -OCH3 is 1. The predicted octanol–water partition coefficient (Wildman–Crippen LogP) is 4.82. The first kappa shape index (κ1) is 22.6. The van der Waals surface area contributed by atoms with E-state index in [2.05, 4.69) is 5.32 Å². The van der Waals surface area contributed by atoms with Crippen LogP contribution < -0.4 is 10.1 Å². The molecule has 0 saturated carbocycles. The number of esters is 1. The van der Waals surface area contributed by atoms with E-state index in [1.807, 2.05) is 78.9 Å². The van der Waals surface area contributed by atoms with E-state index in [1.54, 1.807) is 25.3 Å². The van der Waals surface area contributed by atoms with Crippen LogP contribution >= 0.6 is 0 Å².